The summed E-state index contributed by atoms with van der Waals surface area (Å²) < 4.78 is 32.6. The van der Waals surface area contributed by atoms with Gasteiger partial charge < -0.3 is 25.2 Å². The fourth-order valence-corrected chi connectivity index (χ4v) is 6.00. The van der Waals surface area contributed by atoms with Crippen molar-refractivity contribution >= 4 is 19.8 Å². The second kappa shape index (κ2) is 37.3. The van der Waals surface area contributed by atoms with Gasteiger partial charge in [0.15, 0.2) is 6.10 Å². The summed E-state index contributed by atoms with van der Waals surface area (Å²) in [5.41, 5.74) is 5.33. The van der Waals surface area contributed by atoms with Crippen molar-refractivity contribution in [3.05, 3.63) is 48.6 Å². The Hall–Kier alpha value is -2.07. The zero-order chi connectivity index (χ0) is 38.4. The van der Waals surface area contributed by atoms with Gasteiger partial charge in [-0.1, -0.05) is 133 Å². The van der Waals surface area contributed by atoms with Crippen molar-refractivity contribution in [2.24, 2.45) is 5.73 Å². The summed E-state index contributed by atoms with van der Waals surface area (Å²) >= 11 is 0. The topological polar surface area (TPSA) is 155 Å². The van der Waals surface area contributed by atoms with Crippen molar-refractivity contribution in [2.75, 3.05) is 26.4 Å². The second-order valence-electron chi connectivity index (χ2n) is 13.4. The molecule has 4 N–H and O–H groups in total. The van der Waals surface area contributed by atoms with Gasteiger partial charge in [0.05, 0.1) is 19.3 Å². The Morgan fingerprint density at radius 2 is 1.13 bits per heavy atom. The number of ether oxygens (including phenoxy) is 2. The highest BCUT2D eigenvalue weighted by Crippen LogP contribution is 2.43. The van der Waals surface area contributed by atoms with E-state index in [-0.39, 0.29) is 38.7 Å². The van der Waals surface area contributed by atoms with Crippen molar-refractivity contribution in [3.63, 3.8) is 0 Å². The van der Waals surface area contributed by atoms with E-state index >= 15 is 0 Å². The van der Waals surface area contributed by atoms with Crippen LogP contribution in [0.1, 0.15) is 162 Å². The number of aliphatic hydroxyl groups excluding tert-OH is 1. The quantitative estimate of drug-likeness (QED) is 0.0241. The molecule has 10 nitrogen and oxygen atoms in total. The number of phosphoric acid groups is 1. The number of allylic oxidation sites excluding steroid dienone is 8. The van der Waals surface area contributed by atoms with E-state index in [1.165, 1.54) is 57.8 Å². The SMILES string of the molecule is CCCCCCCCCCCCCCCC(=O)O[C@H](COC(=O)CCC/C=C\C/C=C\C/C=C\C/C=C\CCC[C@@H](C)O)COP(=O)(O)OCCN. The molecule has 302 valence electrons. The van der Waals surface area contributed by atoms with E-state index in [2.05, 4.69) is 49.5 Å². The molecule has 0 spiro atoms. The standard InChI is InChI=1S/C41H74NO9P/c1-3-4-5-6-7-8-9-13-18-21-24-27-30-33-41(45)51-39(37-50-52(46,47)49-35-34-42)36-48-40(44)32-29-26-23-20-17-15-12-10-11-14-16-19-22-25-28-31-38(2)43/h11-12,14-15,19-20,22-23,38-39,43H,3-10,13,16-18,21,24-37,42H2,1-2H3,(H,46,47)/b14-11-,15-12-,22-19-,23-20-/t38-,39-/m1/s1. The molecule has 1 unspecified atom stereocenters. The zero-order valence-electron chi connectivity index (χ0n) is 32.6. The van der Waals surface area contributed by atoms with E-state index in [1.54, 1.807) is 0 Å². The Morgan fingerprint density at radius 1 is 0.654 bits per heavy atom. The summed E-state index contributed by atoms with van der Waals surface area (Å²) in [7, 11) is -4.39. The monoisotopic (exact) mass is 756 g/mol. The first-order chi connectivity index (χ1) is 25.2. The molecule has 0 aliphatic heterocycles. The number of aliphatic hydroxyl groups is 1. The molecule has 0 rings (SSSR count). The number of phosphoric ester groups is 1. The summed E-state index contributed by atoms with van der Waals surface area (Å²) in [6.07, 6.45) is 38.5. The van der Waals surface area contributed by atoms with Gasteiger partial charge in [0, 0.05) is 19.4 Å². The lowest BCUT2D eigenvalue weighted by atomic mass is 10.0. The molecule has 0 aliphatic carbocycles. The second-order valence-corrected chi connectivity index (χ2v) is 14.9. The molecule has 3 atom stereocenters. The van der Waals surface area contributed by atoms with Gasteiger partial charge in [-0.2, -0.15) is 0 Å². The first-order valence-corrected chi connectivity index (χ1v) is 21.6. The predicted molar refractivity (Wildman–Crippen MR) is 212 cm³/mol. The number of carbonyl (C=O) groups is 2. The smallest absolute Gasteiger partial charge is 0.462 e. The predicted octanol–water partition coefficient (Wildman–Crippen LogP) is 10.1. The van der Waals surface area contributed by atoms with Crippen LogP contribution in [-0.4, -0.2) is 60.5 Å². The Morgan fingerprint density at radius 3 is 1.65 bits per heavy atom. The molecule has 0 saturated heterocycles. The number of hydrogen-bond acceptors (Lipinski definition) is 9. The third-order valence-corrected chi connectivity index (χ3v) is 9.22. The van der Waals surface area contributed by atoms with Crippen molar-refractivity contribution in [2.45, 2.75) is 174 Å². The van der Waals surface area contributed by atoms with E-state index in [4.69, 9.17) is 24.3 Å². The maximum atomic E-state index is 12.5. The Balaban J connectivity index is 4.29. The summed E-state index contributed by atoms with van der Waals surface area (Å²) in [4.78, 5) is 34.7. The summed E-state index contributed by atoms with van der Waals surface area (Å²) in [6.45, 7) is 3.20. The van der Waals surface area contributed by atoms with Crippen LogP contribution in [0.4, 0.5) is 0 Å². The van der Waals surface area contributed by atoms with Crippen LogP contribution in [0.2, 0.25) is 0 Å². The highest BCUT2D eigenvalue weighted by molar-refractivity contribution is 7.47. The largest absolute Gasteiger partial charge is 0.472 e. The fraction of sp³-hybridized carbons (Fsp3) is 0.756. The molecule has 0 heterocycles. The van der Waals surface area contributed by atoms with Crippen molar-refractivity contribution < 1.29 is 42.7 Å². The van der Waals surface area contributed by atoms with E-state index < -0.39 is 32.5 Å². The van der Waals surface area contributed by atoms with Gasteiger partial charge in [0.2, 0.25) is 0 Å². The van der Waals surface area contributed by atoms with Crippen LogP contribution in [0.15, 0.2) is 48.6 Å². The number of esters is 2. The minimum atomic E-state index is -4.39. The van der Waals surface area contributed by atoms with Crippen LogP contribution >= 0.6 is 7.82 Å². The molecule has 0 radical (unpaired) electrons. The summed E-state index contributed by atoms with van der Waals surface area (Å²) in [5.74, 6) is -0.912. The van der Waals surface area contributed by atoms with Crippen LogP contribution in [0.25, 0.3) is 0 Å². The van der Waals surface area contributed by atoms with Crippen molar-refractivity contribution in [1.29, 1.82) is 0 Å². The molecule has 11 heteroatoms. The molecule has 0 saturated carbocycles. The average molecular weight is 756 g/mol. The van der Waals surface area contributed by atoms with Gasteiger partial charge in [-0.3, -0.25) is 18.6 Å². The molecular formula is C41H74NO9P. The first kappa shape index (κ1) is 49.9. The van der Waals surface area contributed by atoms with Gasteiger partial charge >= 0.3 is 19.8 Å². The Kier molecular flexibility index (Phi) is 35.8. The number of rotatable bonds is 37. The molecular weight excluding hydrogens is 681 g/mol. The van der Waals surface area contributed by atoms with Crippen LogP contribution in [0.3, 0.4) is 0 Å². The van der Waals surface area contributed by atoms with Gasteiger partial charge in [-0.05, 0) is 64.7 Å². The molecule has 52 heavy (non-hydrogen) atoms. The molecule has 0 bridgehead atoms. The van der Waals surface area contributed by atoms with Gasteiger partial charge in [-0.15, -0.1) is 0 Å². The Labute approximate surface area is 316 Å². The fourth-order valence-electron chi connectivity index (χ4n) is 5.23. The minimum Gasteiger partial charge on any atom is -0.462 e. The lowest BCUT2D eigenvalue weighted by Crippen LogP contribution is -2.29. The normalized spacial score (nSPS) is 14.5. The van der Waals surface area contributed by atoms with Crippen molar-refractivity contribution in [1.82, 2.24) is 0 Å². The van der Waals surface area contributed by atoms with E-state index in [9.17, 15) is 24.2 Å². The minimum absolute atomic E-state index is 0.0406. The highest BCUT2D eigenvalue weighted by atomic mass is 31.2. The number of hydrogen-bond donors (Lipinski definition) is 3. The maximum Gasteiger partial charge on any atom is 0.472 e. The molecule has 0 amide bonds. The average Bonchev–Trinajstić information content (AvgIpc) is 3.11. The lowest BCUT2D eigenvalue weighted by Gasteiger charge is -2.19. The Bertz CT molecular complexity index is 1010. The molecule has 0 aromatic carbocycles. The number of unbranched alkanes of at least 4 members (excludes halogenated alkanes) is 14. The van der Waals surface area contributed by atoms with E-state index in [1.807, 2.05) is 13.0 Å². The van der Waals surface area contributed by atoms with Crippen LogP contribution in [0.5, 0.6) is 0 Å². The molecule has 0 aliphatic rings. The number of nitrogens with two attached hydrogens (primary N) is 1. The van der Waals surface area contributed by atoms with Crippen molar-refractivity contribution in [3.8, 4) is 0 Å². The zero-order valence-corrected chi connectivity index (χ0v) is 33.5. The third-order valence-electron chi connectivity index (χ3n) is 8.24. The van der Waals surface area contributed by atoms with Gasteiger partial charge in [-0.25, -0.2) is 4.57 Å². The van der Waals surface area contributed by atoms with Crippen LogP contribution in [-0.2, 0) is 32.7 Å². The van der Waals surface area contributed by atoms with Crippen LogP contribution < -0.4 is 5.73 Å². The first-order valence-electron chi connectivity index (χ1n) is 20.1. The maximum absolute atomic E-state index is 12.5. The molecule has 0 aromatic rings. The third kappa shape index (κ3) is 37.7. The summed E-state index contributed by atoms with van der Waals surface area (Å²) in [5, 5.41) is 9.25. The summed E-state index contributed by atoms with van der Waals surface area (Å²) in [6, 6.07) is 0. The lowest BCUT2D eigenvalue weighted by molar-refractivity contribution is -0.161. The molecule has 0 fully saturated rings. The highest BCUT2D eigenvalue weighted by Gasteiger charge is 2.25. The van der Waals surface area contributed by atoms with Crippen LogP contribution in [0, 0.1) is 0 Å². The van der Waals surface area contributed by atoms with E-state index in [0.717, 1.165) is 64.2 Å². The van der Waals surface area contributed by atoms with E-state index in [0.29, 0.717) is 12.8 Å². The van der Waals surface area contributed by atoms with Gasteiger partial charge in [0.25, 0.3) is 0 Å². The van der Waals surface area contributed by atoms with Gasteiger partial charge in [0.1, 0.15) is 6.61 Å². The molecule has 0 aromatic heterocycles. The number of carbonyl (C=O) groups excluding carboxylic acids is 2.